The Morgan fingerprint density at radius 1 is 1.32 bits per heavy atom. The van der Waals surface area contributed by atoms with Crippen molar-refractivity contribution in [3.63, 3.8) is 0 Å². The number of nitrogens with zero attached hydrogens (tertiary/aromatic N) is 2. The fraction of sp³-hybridized carbons (Fsp3) is 0.714. The largest absolute Gasteiger partial charge is 0.396 e. The van der Waals surface area contributed by atoms with Gasteiger partial charge in [0.05, 0.1) is 5.69 Å². The summed E-state index contributed by atoms with van der Waals surface area (Å²) in [6, 6.07) is 0. The SMILES string of the molecule is Cc1nn(C)c(C)c1CCC(=O)NCCCCCO. The highest BCUT2D eigenvalue weighted by Crippen LogP contribution is 2.13. The van der Waals surface area contributed by atoms with Crippen LogP contribution in [0.15, 0.2) is 0 Å². The third-order valence-corrected chi connectivity index (χ3v) is 3.42. The number of aryl methyl sites for hydroxylation is 2. The lowest BCUT2D eigenvalue weighted by atomic mass is 10.1. The van der Waals surface area contributed by atoms with Crippen molar-refractivity contribution in [3.8, 4) is 0 Å². The highest BCUT2D eigenvalue weighted by Gasteiger charge is 2.10. The molecular weight excluding hydrogens is 242 g/mol. The monoisotopic (exact) mass is 267 g/mol. The number of aromatic nitrogens is 2. The molecule has 1 rings (SSSR count). The molecule has 5 nitrogen and oxygen atoms in total. The van der Waals surface area contributed by atoms with Gasteiger partial charge >= 0.3 is 0 Å². The van der Waals surface area contributed by atoms with Crippen LogP contribution in [-0.2, 0) is 18.3 Å². The minimum atomic E-state index is 0.0895. The number of amides is 1. The third kappa shape index (κ3) is 5.03. The molecule has 0 atom stereocenters. The molecule has 0 unspecified atom stereocenters. The maximum atomic E-state index is 11.7. The first-order valence-electron chi connectivity index (χ1n) is 6.93. The van der Waals surface area contributed by atoms with Gasteiger partial charge in [-0.1, -0.05) is 0 Å². The molecule has 0 saturated heterocycles. The summed E-state index contributed by atoms with van der Waals surface area (Å²) in [5.74, 6) is 0.0895. The molecule has 0 saturated carbocycles. The molecule has 2 N–H and O–H groups in total. The van der Waals surface area contributed by atoms with E-state index in [1.807, 2.05) is 25.6 Å². The van der Waals surface area contributed by atoms with Crippen molar-refractivity contribution >= 4 is 5.91 Å². The normalized spacial score (nSPS) is 10.7. The van der Waals surface area contributed by atoms with Crippen LogP contribution in [0.4, 0.5) is 0 Å². The minimum Gasteiger partial charge on any atom is -0.396 e. The molecule has 1 aromatic rings. The Hall–Kier alpha value is -1.36. The fourth-order valence-electron chi connectivity index (χ4n) is 2.15. The summed E-state index contributed by atoms with van der Waals surface area (Å²) in [6.07, 6.45) is 3.94. The van der Waals surface area contributed by atoms with E-state index < -0.39 is 0 Å². The predicted molar refractivity (Wildman–Crippen MR) is 74.9 cm³/mol. The zero-order valence-electron chi connectivity index (χ0n) is 12.2. The molecule has 19 heavy (non-hydrogen) atoms. The summed E-state index contributed by atoms with van der Waals surface area (Å²) >= 11 is 0. The summed E-state index contributed by atoms with van der Waals surface area (Å²) in [5.41, 5.74) is 3.32. The number of aliphatic hydroxyl groups is 1. The maximum Gasteiger partial charge on any atom is 0.220 e. The smallest absolute Gasteiger partial charge is 0.220 e. The second-order valence-electron chi connectivity index (χ2n) is 4.91. The van der Waals surface area contributed by atoms with E-state index in [9.17, 15) is 4.79 Å². The molecule has 0 bridgehead atoms. The van der Waals surface area contributed by atoms with E-state index in [4.69, 9.17) is 5.11 Å². The van der Waals surface area contributed by atoms with E-state index in [-0.39, 0.29) is 12.5 Å². The molecular formula is C14H25N3O2. The standard InChI is InChI=1S/C14H25N3O2/c1-11-13(12(2)17(3)16-11)7-8-14(19)15-9-5-4-6-10-18/h18H,4-10H2,1-3H3,(H,15,19). The van der Waals surface area contributed by atoms with Crippen LogP contribution in [0.25, 0.3) is 0 Å². The molecule has 108 valence electrons. The molecule has 0 radical (unpaired) electrons. The summed E-state index contributed by atoms with van der Waals surface area (Å²) in [6.45, 7) is 4.94. The molecule has 1 aromatic heterocycles. The first-order valence-corrected chi connectivity index (χ1v) is 6.93. The van der Waals surface area contributed by atoms with E-state index in [0.29, 0.717) is 13.0 Å². The summed E-state index contributed by atoms with van der Waals surface area (Å²) in [7, 11) is 1.92. The molecule has 0 aliphatic heterocycles. The van der Waals surface area contributed by atoms with E-state index in [1.165, 1.54) is 5.56 Å². The Kier molecular flexibility index (Phi) is 6.56. The highest BCUT2D eigenvalue weighted by atomic mass is 16.2. The Morgan fingerprint density at radius 3 is 2.63 bits per heavy atom. The van der Waals surface area contributed by atoms with Gasteiger partial charge in [-0.15, -0.1) is 0 Å². The lowest BCUT2D eigenvalue weighted by Crippen LogP contribution is -2.24. The van der Waals surface area contributed by atoms with Gasteiger partial charge in [0.2, 0.25) is 5.91 Å². The fourth-order valence-corrected chi connectivity index (χ4v) is 2.15. The van der Waals surface area contributed by atoms with Crippen LogP contribution in [0.2, 0.25) is 0 Å². The molecule has 0 aromatic carbocycles. The van der Waals surface area contributed by atoms with Gasteiger partial charge in [-0.25, -0.2) is 0 Å². The Labute approximate surface area is 115 Å². The zero-order valence-corrected chi connectivity index (χ0v) is 12.2. The van der Waals surface area contributed by atoms with Gasteiger partial charge in [0, 0.05) is 32.3 Å². The second kappa shape index (κ2) is 7.94. The maximum absolute atomic E-state index is 11.7. The van der Waals surface area contributed by atoms with Gasteiger partial charge in [0.25, 0.3) is 0 Å². The molecule has 0 aliphatic carbocycles. The third-order valence-electron chi connectivity index (χ3n) is 3.42. The van der Waals surface area contributed by atoms with Gasteiger partial charge < -0.3 is 10.4 Å². The Balaban J connectivity index is 2.26. The molecule has 0 fully saturated rings. The predicted octanol–water partition coefficient (Wildman–Crippen LogP) is 1.25. The second-order valence-corrected chi connectivity index (χ2v) is 4.91. The number of aliphatic hydroxyl groups excluding tert-OH is 1. The Morgan fingerprint density at radius 2 is 2.05 bits per heavy atom. The first-order chi connectivity index (χ1) is 9.06. The lowest BCUT2D eigenvalue weighted by Gasteiger charge is -2.05. The average Bonchev–Trinajstić information content (AvgIpc) is 2.61. The number of rotatable bonds is 8. The molecule has 1 amide bonds. The number of hydrogen-bond acceptors (Lipinski definition) is 3. The number of carbonyl (C=O) groups is 1. The van der Waals surface area contributed by atoms with Crippen LogP contribution >= 0.6 is 0 Å². The summed E-state index contributed by atoms with van der Waals surface area (Å²) in [4.78, 5) is 11.7. The van der Waals surface area contributed by atoms with Gasteiger partial charge in [-0.05, 0) is 45.1 Å². The lowest BCUT2D eigenvalue weighted by molar-refractivity contribution is -0.121. The number of unbranched alkanes of at least 4 members (excludes halogenated alkanes) is 2. The van der Waals surface area contributed by atoms with Crippen molar-refractivity contribution < 1.29 is 9.90 Å². The average molecular weight is 267 g/mol. The molecule has 0 spiro atoms. The molecule has 0 aliphatic rings. The zero-order chi connectivity index (χ0) is 14.3. The minimum absolute atomic E-state index is 0.0895. The highest BCUT2D eigenvalue weighted by molar-refractivity contribution is 5.76. The van der Waals surface area contributed by atoms with Gasteiger partial charge in [-0.2, -0.15) is 5.10 Å². The number of hydrogen-bond donors (Lipinski definition) is 2. The van der Waals surface area contributed by atoms with Crippen molar-refractivity contribution in [2.45, 2.75) is 46.0 Å². The van der Waals surface area contributed by atoms with Crippen LogP contribution in [0.3, 0.4) is 0 Å². The van der Waals surface area contributed by atoms with Crippen molar-refractivity contribution in [1.29, 1.82) is 0 Å². The first kappa shape index (κ1) is 15.7. The van der Waals surface area contributed by atoms with Gasteiger partial charge in [-0.3, -0.25) is 9.48 Å². The van der Waals surface area contributed by atoms with E-state index in [0.717, 1.165) is 37.1 Å². The van der Waals surface area contributed by atoms with Crippen molar-refractivity contribution in [2.75, 3.05) is 13.2 Å². The summed E-state index contributed by atoms with van der Waals surface area (Å²) < 4.78 is 1.86. The summed E-state index contributed by atoms with van der Waals surface area (Å²) in [5, 5.41) is 15.9. The molecule has 1 heterocycles. The van der Waals surface area contributed by atoms with Crippen LogP contribution in [-0.4, -0.2) is 33.9 Å². The quantitative estimate of drug-likeness (QED) is 0.697. The number of nitrogens with one attached hydrogen (secondary N) is 1. The van der Waals surface area contributed by atoms with Crippen LogP contribution in [0.1, 0.15) is 42.6 Å². The van der Waals surface area contributed by atoms with Crippen LogP contribution < -0.4 is 5.32 Å². The van der Waals surface area contributed by atoms with Crippen molar-refractivity contribution in [1.82, 2.24) is 15.1 Å². The van der Waals surface area contributed by atoms with Gasteiger partial charge in [0.1, 0.15) is 0 Å². The van der Waals surface area contributed by atoms with Crippen molar-refractivity contribution in [2.24, 2.45) is 7.05 Å². The van der Waals surface area contributed by atoms with E-state index in [2.05, 4.69) is 10.4 Å². The number of carbonyl (C=O) groups excluding carboxylic acids is 1. The van der Waals surface area contributed by atoms with Crippen LogP contribution in [0.5, 0.6) is 0 Å². The van der Waals surface area contributed by atoms with E-state index >= 15 is 0 Å². The van der Waals surface area contributed by atoms with Gasteiger partial charge in [0.15, 0.2) is 0 Å². The van der Waals surface area contributed by atoms with Crippen molar-refractivity contribution in [3.05, 3.63) is 17.0 Å². The molecule has 5 heteroatoms. The topological polar surface area (TPSA) is 67.2 Å². The van der Waals surface area contributed by atoms with Crippen LogP contribution in [0, 0.1) is 13.8 Å². The van der Waals surface area contributed by atoms with E-state index in [1.54, 1.807) is 0 Å². The Bertz CT molecular complexity index is 413.